The fourth-order valence-corrected chi connectivity index (χ4v) is 9.18. The number of nitrogens with zero attached hydrogens (tertiary/aromatic N) is 5. The molecule has 7 rings (SSSR count). The smallest absolute Gasteiger partial charge is 0.266 e. The number of anilines is 3. The lowest BCUT2D eigenvalue weighted by Crippen LogP contribution is -2.46. The first kappa shape index (κ1) is 40.4. The zero-order valence-corrected chi connectivity index (χ0v) is 34.1. The van der Waals surface area contributed by atoms with Crippen LogP contribution < -0.4 is 14.9 Å². The van der Waals surface area contributed by atoms with Crippen molar-refractivity contribution in [2.75, 3.05) is 67.5 Å². The van der Waals surface area contributed by atoms with Gasteiger partial charge in [-0.1, -0.05) is 66.2 Å². The summed E-state index contributed by atoms with van der Waals surface area (Å²) < 4.78 is 60.6. The minimum absolute atomic E-state index is 0.0317. The monoisotopic (exact) mass is 827 g/mol. The van der Waals surface area contributed by atoms with Crippen molar-refractivity contribution in [2.45, 2.75) is 28.8 Å². The molecule has 57 heavy (non-hydrogen) atoms. The van der Waals surface area contributed by atoms with Crippen LogP contribution in [0.2, 0.25) is 5.02 Å². The first-order chi connectivity index (χ1) is 27.5. The molecule has 14 heteroatoms. The van der Waals surface area contributed by atoms with E-state index in [9.17, 15) is 8.42 Å². The van der Waals surface area contributed by atoms with Crippen molar-refractivity contribution in [3.8, 4) is 11.1 Å². The van der Waals surface area contributed by atoms with Gasteiger partial charge in [-0.05, 0) is 92.3 Å². The van der Waals surface area contributed by atoms with Crippen LogP contribution >= 0.6 is 23.4 Å². The Kier molecular flexibility index (Phi) is 12.9. The molecule has 2 N–H and O–H groups in total. The highest BCUT2D eigenvalue weighted by atomic mass is 35.5. The van der Waals surface area contributed by atoms with E-state index in [4.69, 9.17) is 11.6 Å². The predicted molar refractivity (Wildman–Crippen MR) is 229 cm³/mol. The van der Waals surface area contributed by atoms with Gasteiger partial charge in [0.2, 0.25) is 0 Å². The van der Waals surface area contributed by atoms with Crippen LogP contribution in [0.4, 0.5) is 26.0 Å². The molecule has 296 valence electrons. The van der Waals surface area contributed by atoms with Crippen molar-refractivity contribution < 1.29 is 17.2 Å². The van der Waals surface area contributed by atoms with Crippen LogP contribution in [0.1, 0.15) is 12.0 Å². The van der Waals surface area contributed by atoms with Crippen LogP contribution in [0.3, 0.4) is 0 Å². The summed E-state index contributed by atoms with van der Waals surface area (Å²) in [4.78, 5) is 15.5. The molecule has 1 aliphatic heterocycles. The number of sulfonamides is 1. The van der Waals surface area contributed by atoms with Crippen LogP contribution in [-0.4, -0.2) is 86.8 Å². The van der Waals surface area contributed by atoms with Gasteiger partial charge in [0.15, 0.2) is 5.82 Å². The van der Waals surface area contributed by atoms with E-state index in [1.54, 1.807) is 17.8 Å². The van der Waals surface area contributed by atoms with Crippen molar-refractivity contribution >= 4 is 61.5 Å². The van der Waals surface area contributed by atoms with Gasteiger partial charge in [-0.25, -0.2) is 27.2 Å². The molecular weight excluding hydrogens is 784 g/mol. The van der Waals surface area contributed by atoms with Crippen molar-refractivity contribution in [3.63, 3.8) is 0 Å². The SMILES string of the molecule is CN(C)CC[C@H](CSc1ccccc1)Nc1cc(F)c(S(=O)(=O)Nc2ncnc3cc(N4CCN(Cc5cc(Cl)ccc5-c5ccccc5)CC4)ccc23)cc1F. The molecule has 0 spiro atoms. The molecule has 0 unspecified atom stereocenters. The van der Waals surface area contributed by atoms with Gasteiger partial charge in [0.05, 0.1) is 11.2 Å². The second kappa shape index (κ2) is 18.2. The van der Waals surface area contributed by atoms with Crippen LogP contribution in [0.5, 0.6) is 0 Å². The minimum Gasteiger partial charge on any atom is -0.379 e. The lowest BCUT2D eigenvalue weighted by molar-refractivity contribution is 0.250. The normalized spacial score (nSPS) is 14.2. The number of hydrogen-bond donors (Lipinski definition) is 2. The Bertz CT molecular complexity index is 2420. The highest BCUT2D eigenvalue weighted by Crippen LogP contribution is 2.32. The largest absolute Gasteiger partial charge is 0.379 e. The Hall–Kier alpha value is -4.79. The molecule has 2 heterocycles. The fourth-order valence-electron chi connectivity index (χ4n) is 6.89. The quantitative estimate of drug-likeness (QED) is 0.0986. The van der Waals surface area contributed by atoms with Gasteiger partial charge in [0.25, 0.3) is 10.0 Å². The summed E-state index contributed by atoms with van der Waals surface area (Å²) in [5.41, 5.74) is 4.83. The van der Waals surface area contributed by atoms with E-state index in [-0.39, 0.29) is 17.5 Å². The van der Waals surface area contributed by atoms with E-state index in [1.807, 2.05) is 91.8 Å². The van der Waals surface area contributed by atoms with Gasteiger partial charge in [-0.2, -0.15) is 0 Å². The zero-order chi connectivity index (χ0) is 39.9. The van der Waals surface area contributed by atoms with E-state index in [0.717, 1.165) is 61.5 Å². The molecule has 0 radical (unpaired) electrons. The third-order valence-electron chi connectivity index (χ3n) is 9.92. The van der Waals surface area contributed by atoms with E-state index in [1.165, 1.54) is 17.5 Å². The molecule has 1 saturated heterocycles. The Morgan fingerprint density at radius 2 is 1.60 bits per heavy atom. The molecule has 0 amide bonds. The minimum atomic E-state index is -4.58. The number of piperazine rings is 1. The first-order valence-corrected chi connectivity index (χ1v) is 21.5. The summed E-state index contributed by atoms with van der Waals surface area (Å²) in [7, 11) is -0.683. The molecule has 5 aromatic carbocycles. The van der Waals surface area contributed by atoms with Crippen molar-refractivity contribution in [3.05, 3.63) is 138 Å². The summed E-state index contributed by atoms with van der Waals surface area (Å²) in [5, 5.41) is 4.25. The van der Waals surface area contributed by atoms with E-state index in [0.29, 0.717) is 34.2 Å². The molecule has 0 saturated carbocycles. The lowest BCUT2D eigenvalue weighted by atomic mass is 9.99. The molecule has 0 aliphatic carbocycles. The molecule has 1 atom stereocenters. The maximum Gasteiger partial charge on any atom is 0.266 e. The molecule has 1 aliphatic rings. The van der Waals surface area contributed by atoms with Gasteiger partial charge >= 0.3 is 0 Å². The lowest BCUT2D eigenvalue weighted by Gasteiger charge is -2.36. The number of nitrogens with one attached hydrogen (secondary N) is 2. The van der Waals surface area contributed by atoms with E-state index in [2.05, 4.69) is 48.0 Å². The van der Waals surface area contributed by atoms with Crippen molar-refractivity contribution in [1.29, 1.82) is 0 Å². The van der Waals surface area contributed by atoms with Gasteiger partial charge in [-0.15, -0.1) is 11.8 Å². The summed E-state index contributed by atoms with van der Waals surface area (Å²) in [6, 6.07) is 33.1. The van der Waals surface area contributed by atoms with Gasteiger partial charge in [0.1, 0.15) is 22.9 Å². The second-order valence-electron chi connectivity index (χ2n) is 14.3. The maximum absolute atomic E-state index is 15.6. The topological polar surface area (TPSA) is 93.7 Å². The number of thioether (sulfide) groups is 1. The van der Waals surface area contributed by atoms with E-state index >= 15 is 8.78 Å². The average Bonchev–Trinajstić information content (AvgIpc) is 3.21. The Morgan fingerprint density at radius 3 is 2.33 bits per heavy atom. The van der Waals surface area contributed by atoms with Crippen LogP contribution in [-0.2, 0) is 16.6 Å². The third-order valence-corrected chi connectivity index (χ3v) is 12.7. The van der Waals surface area contributed by atoms with Crippen LogP contribution in [0.15, 0.2) is 125 Å². The summed E-state index contributed by atoms with van der Waals surface area (Å²) in [5.74, 6) is -1.40. The highest BCUT2D eigenvalue weighted by molar-refractivity contribution is 7.99. The summed E-state index contributed by atoms with van der Waals surface area (Å²) in [6.07, 6.45) is 1.91. The van der Waals surface area contributed by atoms with Crippen LogP contribution in [0.25, 0.3) is 22.0 Å². The molecule has 1 fully saturated rings. The van der Waals surface area contributed by atoms with Crippen LogP contribution in [0, 0.1) is 11.6 Å². The Balaban J connectivity index is 1.02. The number of rotatable bonds is 15. The Morgan fingerprint density at radius 1 is 0.860 bits per heavy atom. The van der Waals surface area contributed by atoms with Crippen molar-refractivity contribution in [1.82, 2.24) is 19.8 Å². The number of halogens is 3. The van der Waals surface area contributed by atoms with Gasteiger partial charge < -0.3 is 15.1 Å². The third kappa shape index (κ3) is 10.2. The first-order valence-electron chi connectivity index (χ1n) is 18.7. The highest BCUT2D eigenvalue weighted by Gasteiger charge is 2.25. The molecule has 0 bridgehead atoms. The molecule has 1 aromatic heterocycles. The molecular formula is C43H44ClF2N7O2S2. The summed E-state index contributed by atoms with van der Waals surface area (Å²) >= 11 is 8.02. The average molecular weight is 828 g/mol. The predicted octanol–water partition coefficient (Wildman–Crippen LogP) is 8.88. The number of hydrogen-bond acceptors (Lipinski definition) is 9. The fraction of sp³-hybridized carbons (Fsp3) is 0.256. The maximum atomic E-state index is 15.6. The zero-order valence-electron chi connectivity index (χ0n) is 31.7. The van der Waals surface area contributed by atoms with Crippen molar-refractivity contribution in [2.24, 2.45) is 0 Å². The Labute approximate surface area is 342 Å². The molecule has 6 aromatic rings. The second-order valence-corrected chi connectivity index (χ2v) is 17.5. The molecule has 9 nitrogen and oxygen atoms in total. The number of aromatic nitrogens is 2. The number of benzene rings is 5. The number of fused-ring (bicyclic) bond motifs is 1. The van der Waals surface area contributed by atoms with Gasteiger partial charge in [-0.3, -0.25) is 9.62 Å². The summed E-state index contributed by atoms with van der Waals surface area (Å²) in [6.45, 7) is 4.69. The van der Waals surface area contributed by atoms with Gasteiger partial charge in [0, 0.05) is 71.6 Å². The standard InChI is InChI=1S/C43H44ClF2N7O2S2/c1-51(2)18-17-33(28-56-35-11-7-4-8-12-35)49-41-25-39(46)42(26-38(41)45)57(54,55)50-43-37-16-14-34(24-40(37)47-29-48-43)53-21-19-52(20-22-53)27-31-23-32(44)13-15-36(31)30-9-5-3-6-10-30/h3-16,23-26,29,33,49H,17-22,27-28H2,1-2H3,(H,47,48,50)/t33-/m1/s1. The van der Waals surface area contributed by atoms with E-state index < -0.39 is 26.6 Å².